The van der Waals surface area contributed by atoms with Crippen LogP contribution in [0.15, 0.2) is 24.4 Å². The van der Waals surface area contributed by atoms with Gasteiger partial charge in [0, 0.05) is 34.1 Å². The summed E-state index contributed by atoms with van der Waals surface area (Å²) in [6.45, 7) is 4.61. The first-order valence-corrected chi connectivity index (χ1v) is 6.41. The van der Waals surface area contributed by atoms with Crippen LogP contribution in [0.1, 0.15) is 19.4 Å². The number of halogens is 1. The summed E-state index contributed by atoms with van der Waals surface area (Å²) in [4.78, 5) is 14.4. The van der Waals surface area contributed by atoms with Crippen LogP contribution in [-0.2, 0) is 10.2 Å². The molecule has 0 unspecified atom stereocenters. The minimum Gasteiger partial charge on any atom is -0.453 e. The minimum atomic E-state index is -0.425. The number of methoxy groups -OCH3 is 1. The van der Waals surface area contributed by atoms with Gasteiger partial charge in [-0.3, -0.25) is 0 Å². The Bertz CT molecular complexity index is 605. The minimum absolute atomic E-state index is 0.225. The van der Waals surface area contributed by atoms with Gasteiger partial charge in [-0.1, -0.05) is 25.4 Å². The molecule has 0 aliphatic heterocycles. The van der Waals surface area contributed by atoms with Crippen molar-refractivity contribution in [1.82, 2.24) is 10.3 Å². The number of nitrogens with one attached hydrogen (secondary N) is 2. The molecule has 0 spiro atoms. The van der Waals surface area contributed by atoms with E-state index in [0.29, 0.717) is 11.6 Å². The Labute approximate surface area is 117 Å². The van der Waals surface area contributed by atoms with Crippen molar-refractivity contribution in [2.24, 2.45) is 0 Å². The second-order valence-electron chi connectivity index (χ2n) is 5.12. The number of aromatic amines is 1. The maximum atomic E-state index is 11.2. The van der Waals surface area contributed by atoms with Crippen molar-refractivity contribution in [2.45, 2.75) is 19.3 Å². The monoisotopic (exact) mass is 280 g/mol. The van der Waals surface area contributed by atoms with E-state index in [4.69, 9.17) is 11.6 Å². The summed E-state index contributed by atoms with van der Waals surface area (Å²) < 4.78 is 4.59. The van der Waals surface area contributed by atoms with E-state index < -0.39 is 6.09 Å². The largest absolute Gasteiger partial charge is 0.453 e. The van der Waals surface area contributed by atoms with E-state index in [1.807, 2.05) is 24.4 Å². The highest BCUT2D eigenvalue weighted by Gasteiger charge is 2.24. The number of fused-ring (bicyclic) bond motifs is 1. The van der Waals surface area contributed by atoms with Crippen LogP contribution in [-0.4, -0.2) is 24.7 Å². The van der Waals surface area contributed by atoms with Gasteiger partial charge < -0.3 is 15.0 Å². The Morgan fingerprint density at radius 1 is 1.47 bits per heavy atom. The zero-order valence-corrected chi connectivity index (χ0v) is 12.0. The number of amides is 1. The molecule has 2 aromatic rings. The first-order valence-electron chi connectivity index (χ1n) is 6.03. The summed E-state index contributed by atoms with van der Waals surface area (Å²) in [5.41, 5.74) is 1.92. The third-order valence-electron chi connectivity index (χ3n) is 3.23. The van der Waals surface area contributed by atoms with Gasteiger partial charge in [-0.25, -0.2) is 4.79 Å². The van der Waals surface area contributed by atoms with Crippen LogP contribution in [0.5, 0.6) is 0 Å². The zero-order valence-electron chi connectivity index (χ0n) is 11.2. The number of carbonyl (C=O) groups is 1. The lowest BCUT2D eigenvalue weighted by Crippen LogP contribution is -2.36. The van der Waals surface area contributed by atoms with Gasteiger partial charge in [-0.05, 0) is 23.8 Å². The predicted octanol–water partition coefficient (Wildman–Crippen LogP) is 3.45. The van der Waals surface area contributed by atoms with Gasteiger partial charge in [0.05, 0.1) is 7.11 Å². The first-order chi connectivity index (χ1) is 8.94. The molecule has 1 heterocycles. The summed E-state index contributed by atoms with van der Waals surface area (Å²) >= 11 is 6.04. The summed E-state index contributed by atoms with van der Waals surface area (Å²) in [5.74, 6) is 0. The standard InChI is InChI=1S/C14H17ClN2O2/c1-14(2,8-17-13(18)19-3)11-7-16-12-5-4-9(15)6-10(11)12/h4-7,16H,8H2,1-3H3,(H,17,18). The van der Waals surface area contributed by atoms with Crippen LogP contribution in [0, 0.1) is 0 Å². The molecule has 4 nitrogen and oxygen atoms in total. The van der Waals surface area contributed by atoms with Gasteiger partial charge >= 0.3 is 6.09 Å². The Kier molecular flexibility index (Phi) is 3.71. The van der Waals surface area contributed by atoms with Crippen molar-refractivity contribution >= 4 is 28.6 Å². The van der Waals surface area contributed by atoms with Crippen molar-refractivity contribution in [3.63, 3.8) is 0 Å². The molecular weight excluding hydrogens is 264 g/mol. The van der Waals surface area contributed by atoms with E-state index >= 15 is 0 Å². The average Bonchev–Trinajstić information content (AvgIpc) is 2.79. The lowest BCUT2D eigenvalue weighted by atomic mass is 9.84. The molecule has 0 aliphatic carbocycles. The molecule has 1 amide bonds. The number of hydrogen-bond acceptors (Lipinski definition) is 2. The van der Waals surface area contributed by atoms with Gasteiger partial charge in [0.1, 0.15) is 0 Å². The Balaban J connectivity index is 2.31. The van der Waals surface area contributed by atoms with E-state index in [0.717, 1.165) is 16.5 Å². The van der Waals surface area contributed by atoms with Crippen LogP contribution in [0.4, 0.5) is 4.79 Å². The normalized spacial score (nSPS) is 11.6. The number of H-pyrrole nitrogens is 1. The Morgan fingerprint density at radius 3 is 2.89 bits per heavy atom. The van der Waals surface area contributed by atoms with E-state index in [2.05, 4.69) is 28.9 Å². The highest BCUT2D eigenvalue weighted by molar-refractivity contribution is 6.31. The Hall–Kier alpha value is -1.68. The highest BCUT2D eigenvalue weighted by Crippen LogP contribution is 2.31. The van der Waals surface area contributed by atoms with Crippen molar-refractivity contribution < 1.29 is 9.53 Å². The summed E-state index contributed by atoms with van der Waals surface area (Å²) in [6, 6.07) is 5.73. The average molecular weight is 281 g/mol. The molecule has 0 saturated carbocycles. The van der Waals surface area contributed by atoms with Crippen LogP contribution in [0.3, 0.4) is 0 Å². The van der Waals surface area contributed by atoms with Crippen molar-refractivity contribution in [3.05, 3.63) is 35.0 Å². The van der Waals surface area contributed by atoms with Crippen LogP contribution >= 0.6 is 11.6 Å². The molecule has 102 valence electrons. The number of alkyl carbamates (subject to hydrolysis) is 1. The molecule has 0 fully saturated rings. The fourth-order valence-corrected chi connectivity index (χ4v) is 2.29. The highest BCUT2D eigenvalue weighted by atomic mass is 35.5. The maximum Gasteiger partial charge on any atom is 0.406 e. The van der Waals surface area contributed by atoms with Gasteiger partial charge in [0.15, 0.2) is 0 Å². The molecule has 19 heavy (non-hydrogen) atoms. The lowest BCUT2D eigenvalue weighted by molar-refractivity contribution is 0.168. The molecule has 0 saturated heterocycles. The second kappa shape index (κ2) is 5.13. The molecule has 0 radical (unpaired) electrons. The summed E-state index contributed by atoms with van der Waals surface area (Å²) in [5, 5.41) is 4.50. The maximum absolute atomic E-state index is 11.2. The number of carbonyl (C=O) groups excluding carboxylic acids is 1. The van der Waals surface area contributed by atoms with Gasteiger partial charge in [-0.2, -0.15) is 0 Å². The quantitative estimate of drug-likeness (QED) is 0.905. The van der Waals surface area contributed by atoms with Crippen molar-refractivity contribution in [3.8, 4) is 0 Å². The second-order valence-corrected chi connectivity index (χ2v) is 5.56. The number of hydrogen-bond donors (Lipinski definition) is 2. The smallest absolute Gasteiger partial charge is 0.406 e. The number of benzene rings is 1. The van der Waals surface area contributed by atoms with Gasteiger partial charge in [-0.15, -0.1) is 0 Å². The molecular formula is C14H17ClN2O2. The third kappa shape index (κ3) is 2.84. The van der Waals surface area contributed by atoms with E-state index in [1.165, 1.54) is 7.11 Å². The number of ether oxygens (including phenoxy) is 1. The molecule has 0 atom stereocenters. The molecule has 5 heteroatoms. The fourth-order valence-electron chi connectivity index (χ4n) is 2.11. The summed E-state index contributed by atoms with van der Waals surface area (Å²) in [7, 11) is 1.35. The van der Waals surface area contributed by atoms with Gasteiger partial charge in [0.2, 0.25) is 0 Å². The molecule has 2 N–H and O–H groups in total. The van der Waals surface area contributed by atoms with E-state index in [-0.39, 0.29) is 5.41 Å². The predicted molar refractivity (Wildman–Crippen MR) is 76.7 cm³/mol. The molecule has 2 rings (SSSR count). The van der Waals surface area contributed by atoms with Crippen LogP contribution in [0.2, 0.25) is 5.02 Å². The van der Waals surface area contributed by atoms with Crippen LogP contribution in [0.25, 0.3) is 10.9 Å². The SMILES string of the molecule is COC(=O)NCC(C)(C)c1c[nH]c2ccc(Cl)cc12. The molecule has 1 aromatic heterocycles. The lowest BCUT2D eigenvalue weighted by Gasteiger charge is -2.24. The zero-order chi connectivity index (χ0) is 14.0. The van der Waals surface area contributed by atoms with Crippen molar-refractivity contribution in [1.29, 1.82) is 0 Å². The molecule has 0 aliphatic rings. The third-order valence-corrected chi connectivity index (χ3v) is 3.47. The van der Waals surface area contributed by atoms with E-state index in [9.17, 15) is 4.79 Å². The molecule has 1 aromatic carbocycles. The van der Waals surface area contributed by atoms with Crippen molar-refractivity contribution in [2.75, 3.05) is 13.7 Å². The Morgan fingerprint density at radius 2 is 2.21 bits per heavy atom. The van der Waals surface area contributed by atoms with Gasteiger partial charge in [0.25, 0.3) is 0 Å². The first kappa shape index (κ1) is 13.7. The van der Waals surface area contributed by atoms with Crippen LogP contribution < -0.4 is 5.32 Å². The number of aromatic nitrogens is 1. The summed E-state index contributed by atoms with van der Waals surface area (Å²) in [6.07, 6.45) is 1.53. The topological polar surface area (TPSA) is 54.1 Å². The number of rotatable bonds is 3. The molecule has 0 bridgehead atoms. The fraction of sp³-hybridized carbons (Fsp3) is 0.357. The van der Waals surface area contributed by atoms with E-state index in [1.54, 1.807) is 0 Å².